The van der Waals surface area contributed by atoms with Crippen LogP contribution in [-0.4, -0.2) is 46.1 Å². The maximum absolute atomic E-state index is 12.7. The maximum atomic E-state index is 12.7. The molecule has 1 amide bonds. The molecule has 5 nitrogen and oxygen atoms in total. The first-order chi connectivity index (χ1) is 10.4. The predicted molar refractivity (Wildman–Crippen MR) is 92.1 cm³/mol. The number of para-hydroxylation sites is 2. The fraction of sp³-hybridized carbons (Fsp3) is 0.294. The van der Waals surface area contributed by atoms with Crippen molar-refractivity contribution >= 4 is 23.0 Å². The van der Waals surface area contributed by atoms with Crippen LogP contribution in [0.3, 0.4) is 0 Å². The predicted octanol–water partition coefficient (Wildman–Crippen LogP) is 2.49. The summed E-state index contributed by atoms with van der Waals surface area (Å²) in [5.41, 5.74) is 3.23. The second kappa shape index (κ2) is 6.47. The summed E-state index contributed by atoms with van der Waals surface area (Å²) in [5.74, 6) is -0.127. The number of amides is 1. The van der Waals surface area contributed by atoms with Gasteiger partial charge in [-0.05, 0) is 24.3 Å². The molecule has 0 unspecified atom stereocenters. The lowest BCUT2D eigenvalue weighted by Gasteiger charge is -2.24. The van der Waals surface area contributed by atoms with Gasteiger partial charge in [-0.25, -0.2) is 0 Å². The van der Waals surface area contributed by atoms with E-state index in [0.717, 1.165) is 17.1 Å². The van der Waals surface area contributed by atoms with Gasteiger partial charge in [-0.1, -0.05) is 12.1 Å². The van der Waals surface area contributed by atoms with Gasteiger partial charge >= 0.3 is 0 Å². The van der Waals surface area contributed by atoms with Crippen LogP contribution >= 0.6 is 0 Å². The van der Waals surface area contributed by atoms with Crippen LogP contribution in [0.1, 0.15) is 10.5 Å². The zero-order valence-corrected chi connectivity index (χ0v) is 13.7. The van der Waals surface area contributed by atoms with E-state index in [2.05, 4.69) is 4.98 Å². The second-order valence-corrected chi connectivity index (χ2v) is 5.54. The normalized spacial score (nSPS) is 10.2. The van der Waals surface area contributed by atoms with E-state index in [9.17, 15) is 4.79 Å². The number of benzene rings is 1. The van der Waals surface area contributed by atoms with E-state index in [0.29, 0.717) is 5.69 Å². The topological polar surface area (TPSA) is 39.7 Å². The molecule has 0 spiro atoms. The van der Waals surface area contributed by atoms with E-state index in [1.54, 1.807) is 24.2 Å². The van der Waals surface area contributed by atoms with Gasteiger partial charge in [0.1, 0.15) is 5.69 Å². The molecule has 1 aromatic heterocycles. The molecule has 0 saturated carbocycles. The van der Waals surface area contributed by atoms with Gasteiger partial charge in [0.15, 0.2) is 0 Å². The maximum Gasteiger partial charge on any atom is 0.276 e. The Morgan fingerprint density at radius 1 is 0.909 bits per heavy atom. The molecule has 0 aliphatic rings. The Morgan fingerprint density at radius 3 is 2.14 bits per heavy atom. The van der Waals surface area contributed by atoms with Gasteiger partial charge in [0.25, 0.3) is 5.91 Å². The summed E-state index contributed by atoms with van der Waals surface area (Å²) < 4.78 is 0. The minimum Gasteiger partial charge on any atom is -0.378 e. The molecule has 0 aliphatic carbocycles. The molecule has 0 saturated heterocycles. The smallest absolute Gasteiger partial charge is 0.276 e. The highest BCUT2D eigenvalue weighted by Gasteiger charge is 2.18. The van der Waals surface area contributed by atoms with E-state index in [1.165, 1.54) is 0 Å². The van der Waals surface area contributed by atoms with Gasteiger partial charge in [0, 0.05) is 47.1 Å². The fourth-order valence-corrected chi connectivity index (χ4v) is 2.22. The summed E-state index contributed by atoms with van der Waals surface area (Å²) in [7, 11) is 9.57. The highest BCUT2D eigenvalue weighted by Crippen LogP contribution is 2.28. The molecule has 0 atom stereocenters. The van der Waals surface area contributed by atoms with Gasteiger partial charge in [-0.15, -0.1) is 0 Å². The summed E-state index contributed by atoms with van der Waals surface area (Å²) in [4.78, 5) is 22.5. The molecule has 22 heavy (non-hydrogen) atoms. The molecule has 116 valence electrons. The molecule has 5 heteroatoms. The van der Waals surface area contributed by atoms with E-state index < -0.39 is 0 Å². The number of carbonyl (C=O) groups excluding carboxylic acids is 1. The monoisotopic (exact) mass is 298 g/mol. The molecule has 1 aromatic carbocycles. The number of hydrogen-bond acceptors (Lipinski definition) is 4. The standard InChI is InChI=1S/C17H22N4O/c1-19(2)13-10-11-18-14(12-13)17(22)21(5)16-9-7-6-8-15(16)20(3)4/h6-12H,1-5H3. The Balaban J connectivity index is 2.36. The van der Waals surface area contributed by atoms with Crippen molar-refractivity contribution in [1.82, 2.24) is 4.98 Å². The third kappa shape index (κ3) is 3.19. The largest absolute Gasteiger partial charge is 0.378 e. The summed E-state index contributed by atoms with van der Waals surface area (Å²) >= 11 is 0. The van der Waals surface area contributed by atoms with Crippen LogP contribution in [0, 0.1) is 0 Å². The third-order valence-electron chi connectivity index (χ3n) is 3.51. The Hall–Kier alpha value is -2.56. The van der Waals surface area contributed by atoms with Crippen molar-refractivity contribution < 1.29 is 4.79 Å². The van der Waals surface area contributed by atoms with E-state index >= 15 is 0 Å². The van der Waals surface area contributed by atoms with Crippen LogP contribution in [-0.2, 0) is 0 Å². The van der Waals surface area contributed by atoms with E-state index in [-0.39, 0.29) is 5.91 Å². The van der Waals surface area contributed by atoms with Crippen LogP contribution in [0.4, 0.5) is 17.1 Å². The first-order valence-corrected chi connectivity index (χ1v) is 7.09. The van der Waals surface area contributed by atoms with Crippen molar-refractivity contribution in [1.29, 1.82) is 0 Å². The third-order valence-corrected chi connectivity index (χ3v) is 3.51. The number of nitrogens with zero attached hydrogens (tertiary/aromatic N) is 4. The minimum atomic E-state index is -0.127. The molecule has 2 rings (SSSR count). The molecule has 1 heterocycles. The molecular weight excluding hydrogens is 276 g/mol. The number of anilines is 3. The number of carbonyl (C=O) groups is 1. The fourth-order valence-electron chi connectivity index (χ4n) is 2.22. The summed E-state index contributed by atoms with van der Waals surface area (Å²) in [6, 6.07) is 11.5. The molecular formula is C17H22N4O. The Morgan fingerprint density at radius 2 is 1.55 bits per heavy atom. The average molecular weight is 298 g/mol. The van der Waals surface area contributed by atoms with Crippen molar-refractivity contribution in [3.63, 3.8) is 0 Å². The summed E-state index contributed by atoms with van der Waals surface area (Å²) in [6.45, 7) is 0. The van der Waals surface area contributed by atoms with Gasteiger partial charge in [0.05, 0.1) is 11.4 Å². The van der Waals surface area contributed by atoms with E-state index in [1.807, 2.05) is 68.3 Å². The van der Waals surface area contributed by atoms with Crippen molar-refractivity contribution in [2.75, 3.05) is 49.9 Å². The molecule has 0 bridgehead atoms. The molecule has 0 radical (unpaired) electrons. The summed E-state index contributed by atoms with van der Waals surface area (Å²) in [6.07, 6.45) is 1.66. The molecule has 2 aromatic rings. The van der Waals surface area contributed by atoms with Crippen molar-refractivity contribution in [2.24, 2.45) is 0 Å². The summed E-state index contributed by atoms with van der Waals surface area (Å²) in [5, 5.41) is 0. The zero-order valence-electron chi connectivity index (χ0n) is 13.7. The van der Waals surface area contributed by atoms with Gasteiger partial charge in [0.2, 0.25) is 0 Å². The highest BCUT2D eigenvalue weighted by molar-refractivity contribution is 6.06. The van der Waals surface area contributed by atoms with Gasteiger partial charge in [-0.2, -0.15) is 0 Å². The first kappa shape index (κ1) is 15.8. The van der Waals surface area contributed by atoms with Crippen LogP contribution in [0.5, 0.6) is 0 Å². The second-order valence-electron chi connectivity index (χ2n) is 5.54. The Kier molecular flexibility index (Phi) is 4.65. The van der Waals surface area contributed by atoms with Gasteiger partial charge in [-0.3, -0.25) is 9.78 Å². The lowest BCUT2D eigenvalue weighted by atomic mass is 10.2. The molecule has 0 aliphatic heterocycles. The lowest BCUT2D eigenvalue weighted by Crippen LogP contribution is -2.29. The lowest BCUT2D eigenvalue weighted by molar-refractivity contribution is 0.0988. The number of pyridine rings is 1. The number of rotatable bonds is 4. The van der Waals surface area contributed by atoms with Crippen LogP contribution in [0.25, 0.3) is 0 Å². The van der Waals surface area contributed by atoms with Gasteiger partial charge < -0.3 is 14.7 Å². The Labute approximate surface area is 131 Å². The first-order valence-electron chi connectivity index (χ1n) is 7.09. The van der Waals surface area contributed by atoms with Crippen molar-refractivity contribution in [3.05, 3.63) is 48.3 Å². The molecule has 0 N–H and O–H groups in total. The van der Waals surface area contributed by atoms with E-state index in [4.69, 9.17) is 0 Å². The number of aromatic nitrogens is 1. The van der Waals surface area contributed by atoms with Crippen LogP contribution in [0.15, 0.2) is 42.6 Å². The van der Waals surface area contributed by atoms with Crippen LogP contribution in [0.2, 0.25) is 0 Å². The average Bonchev–Trinajstić information content (AvgIpc) is 2.53. The van der Waals surface area contributed by atoms with Crippen LogP contribution < -0.4 is 14.7 Å². The minimum absolute atomic E-state index is 0.127. The number of hydrogen-bond donors (Lipinski definition) is 0. The molecule has 0 fully saturated rings. The Bertz CT molecular complexity index is 667. The van der Waals surface area contributed by atoms with Crippen molar-refractivity contribution in [3.8, 4) is 0 Å². The quantitative estimate of drug-likeness (QED) is 0.869. The van der Waals surface area contributed by atoms with Crippen molar-refractivity contribution in [2.45, 2.75) is 0 Å². The SMILES string of the molecule is CN(C)c1ccnc(C(=O)N(C)c2ccccc2N(C)C)c1. The zero-order chi connectivity index (χ0) is 16.3. The highest BCUT2D eigenvalue weighted by atomic mass is 16.2.